The molecule has 0 atom stereocenters. The van der Waals surface area contributed by atoms with E-state index in [-0.39, 0.29) is 11.9 Å². The molecular formula is C19H32N6O2. The number of hydrogen-bond donors (Lipinski definition) is 1. The lowest BCUT2D eigenvalue weighted by Gasteiger charge is -2.36. The fraction of sp³-hybridized carbons (Fsp3) is 0.737. The molecule has 2 fully saturated rings. The van der Waals surface area contributed by atoms with Crippen molar-refractivity contribution in [2.45, 2.75) is 45.7 Å². The number of nitrogens with one attached hydrogen (secondary N) is 1. The highest BCUT2D eigenvalue weighted by atomic mass is 16.2. The van der Waals surface area contributed by atoms with Crippen LogP contribution in [0.4, 0.5) is 4.79 Å². The third kappa shape index (κ3) is 5.45. The molecule has 3 rings (SSSR count). The number of aromatic nitrogens is 2. The molecule has 0 aliphatic carbocycles. The zero-order valence-electron chi connectivity index (χ0n) is 16.6. The first kappa shape index (κ1) is 19.7. The van der Waals surface area contributed by atoms with Crippen molar-refractivity contribution in [2.75, 3.05) is 45.8 Å². The molecule has 2 aliphatic heterocycles. The highest BCUT2D eigenvalue weighted by Gasteiger charge is 2.24. The van der Waals surface area contributed by atoms with Crippen molar-refractivity contribution in [1.29, 1.82) is 0 Å². The highest BCUT2D eigenvalue weighted by Crippen LogP contribution is 2.10. The van der Waals surface area contributed by atoms with Crippen LogP contribution >= 0.6 is 0 Å². The Bertz CT molecular complexity index is 630. The summed E-state index contributed by atoms with van der Waals surface area (Å²) >= 11 is 0. The van der Waals surface area contributed by atoms with Crippen LogP contribution in [0.1, 0.15) is 44.7 Å². The Hall–Kier alpha value is -2.09. The maximum absolute atomic E-state index is 12.4. The lowest BCUT2D eigenvalue weighted by Crippen LogP contribution is -2.53. The Balaban J connectivity index is 1.37. The van der Waals surface area contributed by atoms with Gasteiger partial charge < -0.3 is 15.1 Å². The summed E-state index contributed by atoms with van der Waals surface area (Å²) in [7, 11) is 0. The minimum atomic E-state index is -0.0469. The van der Waals surface area contributed by atoms with Crippen LogP contribution in [0.25, 0.3) is 0 Å². The first-order valence-electron chi connectivity index (χ1n) is 10.1. The van der Waals surface area contributed by atoms with Gasteiger partial charge in [0.2, 0.25) is 5.91 Å². The molecule has 1 aromatic heterocycles. The first-order valence-corrected chi connectivity index (χ1v) is 10.1. The van der Waals surface area contributed by atoms with Gasteiger partial charge in [-0.3, -0.25) is 14.4 Å². The number of piperidine rings is 1. The Labute approximate surface area is 161 Å². The first-order chi connectivity index (χ1) is 13.0. The van der Waals surface area contributed by atoms with Crippen molar-refractivity contribution in [2.24, 2.45) is 0 Å². The predicted molar refractivity (Wildman–Crippen MR) is 103 cm³/mol. The van der Waals surface area contributed by atoms with E-state index in [0.717, 1.165) is 44.6 Å². The van der Waals surface area contributed by atoms with Crippen LogP contribution in [-0.2, 0) is 11.3 Å². The summed E-state index contributed by atoms with van der Waals surface area (Å²) in [6.07, 6.45) is 7.24. The van der Waals surface area contributed by atoms with Gasteiger partial charge in [-0.15, -0.1) is 0 Å². The van der Waals surface area contributed by atoms with Gasteiger partial charge >= 0.3 is 6.03 Å². The predicted octanol–water partition coefficient (Wildman–Crippen LogP) is 1.30. The maximum Gasteiger partial charge on any atom is 0.317 e. The fourth-order valence-electron chi connectivity index (χ4n) is 3.58. The van der Waals surface area contributed by atoms with Crippen LogP contribution in [0.15, 0.2) is 12.4 Å². The van der Waals surface area contributed by atoms with Crippen LogP contribution in [0.3, 0.4) is 0 Å². The maximum atomic E-state index is 12.4. The van der Waals surface area contributed by atoms with E-state index in [0.29, 0.717) is 32.2 Å². The number of carbonyl (C=O) groups is 2. The monoisotopic (exact) mass is 376 g/mol. The second kappa shape index (κ2) is 9.21. The smallest absolute Gasteiger partial charge is 0.317 e. The van der Waals surface area contributed by atoms with Crippen molar-refractivity contribution >= 4 is 11.9 Å². The Morgan fingerprint density at radius 1 is 1.04 bits per heavy atom. The molecule has 8 nitrogen and oxygen atoms in total. The quantitative estimate of drug-likeness (QED) is 0.841. The third-order valence-corrected chi connectivity index (χ3v) is 5.35. The number of nitrogens with zero attached hydrogens (tertiary/aromatic N) is 5. The van der Waals surface area contributed by atoms with Crippen molar-refractivity contribution in [1.82, 2.24) is 29.8 Å². The van der Waals surface area contributed by atoms with E-state index in [1.165, 1.54) is 6.42 Å². The molecular weight excluding hydrogens is 344 g/mol. The molecule has 0 bridgehead atoms. The molecule has 0 saturated carbocycles. The lowest BCUT2D eigenvalue weighted by atomic mass is 10.1. The number of carbonyl (C=O) groups excluding carboxylic acids is 2. The molecule has 3 heterocycles. The van der Waals surface area contributed by atoms with E-state index >= 15 is 0 Å². The second-order valence-corrected chi connectivity index (χ2v) is 7.79. The Kier molecular flexibility index (Phi) is 6.71. The van der Waals surface area contributed by atoms with E-state index < -0.39 is 0 Å². The topological polar surface area (TPSA) is 73.7 Å². The van der Waals surface area contributed by atoms with Gasteiger partial charge in [-0.2, -0.15) is 5.10 Å². The van der Waals surface area contributed by atoms with Crippen molar-refractivity contribution in [3.05, 3.63) is 18.0 Å². The van der Waals surface area contributed by atoms with Gasteiger partial charge in [0.1, 0.15) is 0 Å². The molecule has 1 aromatic rings. The summed E-state index contributed by atoms with van der Waals surface area (Å²) in [6.45, 7) is 9.72. The van der Waals surface area contributed by atoms with Crippen LogP contribution in [0, 0.1) is 0 Å². The summed E-state index contributed by atoms with van der Waals surface area (Å²) in [4.78, 5) is 30.7. The second-order valence-electron chi connectivity index (χ2n) is 7.79. The molecule has 1 N–H and O–H groups in total. The zero-order chi connectivity index (χ0) is 19.2. The highest BCUT2D eigenvalue weighted by molar-refractivity contribution is 5.78. The molecule has 0 aromatic carbocycles. The van der Waals surface area contributed by atoms with Crippen LogP contribution in [-0.4, -0.2) is 82.2 Å². The molecule has 27 heavy (non-hydrogen) atoms. The number of piperazine rings is 1. The Morgan fingerprint density at radius 2 is 1.74 bits per heavy atom. The van der Waals surface area contributed by atoms with E-state index in [4.69, 9.17) is 0 Å². The summed E-state index contributed by atoms with van der Waals surface area (Å²) < 4.78 is 1.89. The summed E-state index contributed by atoms with van der Waals surface area (Å²) in [5.41, 5.74) is 1.00. The van der Waals surface area contributed by atoms with Crippen LogP contribution in [0.5, 0.6) is 0 Å². The number of rotatable bonds is 5. The van der Waals surface area contributed by atoms with Crippen LogP contribution in [0.2, 0.25) is 0 Å². The van der Waals surface area contributed by atoms with Crippen molar-refractivity contribution < 1.29 is 9.59 Å². The molecule has 0 radical (unpaired) electrons. The van der Waals surface area contributed by atoms with Gasteiger partial charge in [0, 0.05) is 63.6 Å². The molecule has 2 saturated heterocycles. The number of amides is 3. The molecule has 8 heteroatoms. The molecule has 3 amide bonds. The van der Waals surface area contributed by atoms with Gasteiger partial charge in [-0.1, -0.05) is 0 Å². The SMILES string of the molecule is CC(C)n1cc(CNC(=O)N2CCN(CC(=O)N3CCCCC3)CC2)cn1. The largest absolute Gasteiger partial charge is 0.342 e. The number of likely N-dealkylation sites (tertiary alicyclic amines) is 1. The summed E-state index contributed by atoms with van der Waals surface area (Å²) in [5, 5.41) is 7.26. The van der Waals surface area contributed by atoms with Crippen LogP contribution < -0.4 is 5.32 Å². The van der Waals surface area contributed by atoms with Crippen molar-refractivity contribution in [3.63, 3.8) is 0 Å². The number of hydrogen-bond acceptors (Lipinski definition) is 4. The standard InChI is InChI=1S/C19H32N6O2/c1-16(2)25-14-17(13-21-25)12-20-19(27)24-10-8-22(9-11-24)15-18(26)23-6-4-3-5-7-23/h13-14,16H,3-12,15H2,1-2H3,(H,20,27). The van der Waals surface area contributed by atoms with E-state index in [1.54, 1.807) is 6.20 Å². The molecule has 0 unspecified atom stereocenters. The van der Waals surface area contributed by atoms with Crippen molar-refractivity contribution in [3.8, 4) is 0 Å². The molecule has 2 aliphatic rings. The van der Waals surface area contributed by atoms with Gasteiger partial charge in [-0.25, -0.2) is 4.79 Å². The van der Waals surface area contributed by atoms with Gasteiger partial charge in [0.05, 0.1) is 12.7 Å². The molecule has 150 valence electrons. The normalized spacial score (nSPS) is 18.8. The lowest BCUT2D eigenvalue weighted by molar-refractivity contribution is -0.133. The van der Waals surface area contributed by atoms with E-state index in [1.807, 2.05) is 20.7 Å². The zero-order valence-corrected chi connectivity index (χ0v) is 16.6. The van der Waals surface area contributed by atoms with Gasteiger partial charge in [0.15, 0.2) is 0 Å². The molecule has 0 spiro atoms. The minimum absolute atomic E-state index is 0.0469. The average Bonchev–Trinajstić information content (AvgIpc) is 3.17. The van der Waals surface area contributed by atoms with Gasteiger partial charge in [0.25, 0.3) is 0 Å². The summed E-state index contributed by atoms with van der Waals surface area (Å²) in [6, 6.07) is 0.268. The van der Waals surface area contributed by atoms with E-state index in [9.17, 15) is 9.59 Å². The Morgan fingerprint density at radius 3 is 2.37 bits per heavy atom. The van der Waals surface area contributed by atoms with E-state index in [2.05, 4.69) is 29.2 Å². The van der Waals surface area contributed by atoms with Gasteiger partial charge in [-0.05, 0) is 33.1 Å². The third-order valence-electron chi connectivity index (χ3n) is 5.35. The fourth-order valence-corrected chi connectivity index (χ4v) is 3.58. The summed E-state index contributed by atoms with van der Waals surface area (Å²) in [5.74, 6) is 0.231. The average molecular weight is 377 g/mol. The number of urea groups is 1. The minimum Gasteiger partial charge on any atom is -0.342 e.